The van der Waals surface area contributed by atoms with Crippen molar-refractivity contribution in [1.29, 1.82) is 0 Å². The van der Waals surface area contributed by atoms with Crippen LogP contribution in [0, 0.1) is 6.92 Å². The van der Waals surface area contributed by atoms with Crippen LogP contribution in [-0.2, 0) is 11.3 Å². The molecule has 1 aliphatic rings. The molecule has 1 N–H and O–H groups in total. The summed E-state index contributed by atoms with van der Waals surface area (Å²) in [6, 6.07) is 26.2. The predicted octanol–water partition coefficient (Wildman–Crippen LogP) is 5.59. The summed E-state index contributed by atoms with van der Waals surface area (Å²) in [6.45, 7) is 2.10. The number of benzene rings is 3. The second-order valence-corrected chi connectivity index (χ2v) is 11.5. The molecule has 0 saturated carbocycles. The van der Waals surface area contributed by atoms with Crippen LogP contribution in [0.1, 0.15) is 45.5 Å². The van der Waals surface area contributed by atoms with E-state index in [1.165, 1.54) is 18.0 Å². The van der Waals surface area contributed by atoms with Gasteiger partial charge in [-0.2, -0.15) is 5.10 Å². The molecule has 11 nitrogen and oxygen atoms in total. The summed E-state index contributed by atoms with van der Waals surface area (Å²) >= 11 is 1.26. The van der Waals surface area contributed by atoms with Crippen LogP contribution in [-0.4, -0.2) is 57.3 Å². The zero-order valence-electron chi connectivity index (χ0n) is 25.5. The van der Waals surface area contributed by atoms with E-state index in [1.54, 1.807) is 31.4 Å². The molecule has 1 atom stereocenters. The van der Waals surface area contributed by atoms with Crippen molar-refractivity contribution in [2.45, 2.75) is 31.1 Å². The molecule has 0 saturated heterocycles. The molecule has 0 aliphatic carbocycles. The Labute approximate surface area is 270 Å². The average molecular weight is 637 g/mol. The standard InChI is InChI=1S/C34H32N6O5S/c1-22-6-4-7-25(18-22)39-31(20-35-33(42)30-8-5-17-45-30)36-37-34(39)46-21-32(41)40-29(24-11-15-27(44-3)16-12-24)19-28(38-40)23-9-13-26(43-2)14-10-23/h4-18,29H,19-21H2,1-3H3,(H,35,42)/t29-/m0/s1. The first kappa shape index (κ1) is 30.7. The molecule has 0 radical (unpaired) electrons. The number of carbonyl (C=O) groups is 2. The number of rotatable bonds is 11. The minimum Gasteiger partial charge on any atom is -0.497 e. The number of aromatic nitrogens is 3. The maximum absolute atomic E-state index is 13.9. The first-order valence-corrected chi connectivity index (χ1v) is 15.6. The van der Waals surface area contributed by atoms with Gasteiger partial charge in [0.25, 0.3) is 11.8 Å². The molecule has 1 aliphatic heterocycles. The Bertz CT molecular complexity index is 1850. The Balaban J connectivity index is 1.25. The summed E-state index contributed by atoms with van der Waals surface area (Å²) < 4.78 is 17.7. The van der Waals surface area contributed by atoms with E-state index >= 15 is 0 Å². The van der Waals surface area contributed by atoms with E-state index in [2.05, 4.69) is 15.5 Å². The van der Waals surface area contributed by atoms with Gasteiger partial charge in [-0.3, -0.25) is 14.2 Å². The summed E-state index contributed by atoms with van der Waals surface area (Å²) in [5.41, 5.74) is 4.54. The highest BCUT2D eigenvalue weighted by atomic mass is 32.2. The lowest BCUT2D eigenvalue weighted by atomic mass is 9.98. The van der Waals surface area contributed by atoms with Crippen LogP contribution < -0.4 is 14.8 Å². The van der Waals surface area contributed by atoms with Crippen LogP contribution in [0.2, 0.25) is 0 Å². The highest BCUT2D eigenvalue weighted by molar-refractivity contribution is 7.99. The number of nitrogens with one attached hydrogen (secondary N) is 1. The highest BCUT2D eigenvalue weighted by Crippen LogP contribution is 2.35. The number of nitrogens with zero attached hydrogens (tertiary/aromatic N) is 5. The summed E-state index contributed by atoms with van der Waals surface area (Å²) in [5.74, 6) is 1.72. The third kappa shape index (κ3) is 6.66. The molecular weight excluding hydrogens is 604 g/mol. The van der Waals surface area contributed by atoms with Gasteiger partial charge in [-0.1, -0.05) is 36.0 Å². The topological polar surface area (TPSA) is 124 Å². The maximum Gasteiger partial charge on any atom is 0.287 e. The molecule has 46 heavy (non-hydrogen) atoms. The monoisotopic (exact) mass is 636 g/mol. The SMILES string of the molecule is COc1ccc(C2=NN(C(=O)CSc3nnc(CNC(=O)c4ccco4)n3-c3cccc(C)c3)[C@H](c3ccc(OC)cc3)C2)cc1. The lowest BCUT2D eigenvalue weighted by Gasteiger charge is -2.22. The lowest BCUT2D eigenvalue weighted by molar-refractivity contribution is -0.130. The first-order valence-electron chi connectivity index (χ1n) is 14.6. The van der Waals surface area contributed by atoms with Gasteiger partial charge < -0.3 is 19.2 Å². The number of ether oxygens (including phenoxy) is 2. The molecule has 5 aromatic rings. The van der Waals surface area contributed by atoms with Crippen molar-refractivity contribution in [3.05, 3.63) is 119 Å². The van der Waals surface area contributed by atoms with Crippen molar-refractivity contribution in [2.75, 3.05) is 20.0 Å². The Hall–Kier alpha value is -5.36. The molecule has 2 aromatic heterocycles. The Morgan fingerprint density at radius 2 is 1.70 bits per heavy atom. The average Bonchev–Trinajstić information content (AvgIpc) is 3.87. The van der Waals surface area contributed by atoms with Crippen LogP contribution in [0.15, 0.2) is 106 Å². The molecule has 234 valence electrons. The van der Waals surface area contributed by atoms with Crippen LogP contribution in [0.4, 0.5) is 0 Å². The summed E-state index contributed by atoms with van der Waals surface area (Å²) in [5, 5.41) is 18.5. The van der Waals surface area contributed by atoms with Gasteiger partial charge in [-0.05, 0) is 84.3 Å². The van der Waals surface area contributed by atoms with Gasteiger partial charge in [0.2, 0.25) is 0 Å². The van der Waals surface area contributed by atoms with Crippen molar-refractivity contribution >= 4 is 29.3 Å². The number of hydrogen-bond donors (Lipinski definition) is 1. The fourth-order valence-corrected chi connectivity index (χ4v) is 5.99. The van der Waals surface area contributed by atoms with Crippen molar-refractivity contribution < 1.29 is 23.5 Å². The van der Waals surface area contributed by atoms with Gasteiger partial charge in [-0.25, -0.2) is 5.01 Å². The van der Waals surface area contributed by atoms with Crippen LogP contribution in [0.25, 0.3) is 5.69 Å². The minimum absolute atomic E-state index is 0.0642. The van der Waals surface area contributed by atoms with E-state index in [9.17, 15) is 9.59 Å². The molecule has 0 fully saturated rings. The summed E-state index contributed by atoms with van der Waals surface area (Å²) in [4.78, 5) is 26.4. The minimum atomic E-state index is -0.364. The first-order chi connectivity index (χ1) is 22.4. The van der Waals surface area contributed by atoms with Gasteiger partial charge in [0.15, 0.2) is 16.7 Å². The predicted molar refractivity (Wildman–Crippen MR) is 173 cm³/mol. The second-order valence-electron chi connectivity index (χ2n) is 10.5. The number of carbonyl (C=O) groups excluding carboxylic acids is 2. The molecule has 2 amide bonds. The van der Waals surface area contributed by atoms with Gasteiger partial charge in [0, 0.05) is 12.1 Å². The third-order valence-corrected chi connectivity index (χ3v) is 8.44. The number of furan rings is 1. The number of thioether (sulfide) groups is 1. The smallest absolute Gasteiger partial charge is 0.287 e. The summed E-state index contributed by atoms with van der Waals surface area (Å²) in [6.07, 6.45) is 1.99. The highest BCUT2D eigenvalue weighted by Gasteiger charge is 2.33. The molecule has 6 rings (SSSR count). The number of hydrazone groups is 1. The van der Waals surface area contributed by atoms with Gasteiger partial charge in [0.1, 0.15) is 11.5 Å². The number of aryl methyl sites for hydroxylation is 1. The van der Waals surface area contributed by atoms with E-state index < -0.39 is 0 Å². The quantitative estimate of drug-likeness (QED) is 0.186. The normalized spacial score (nSPS) is 14.2. The molecule has 12 heteroatoms. The second kappa shape index (κ2) is 13.7. The van der Waals surface area contributed by atoms with E-state index in [0.29, 0.717) is 17.4 Å². The van der Waals surface area contributed by atoms with E-state index in [1.807, 2.05) is 84.3 Å². The van der Waals surface area contributed by atoms with E-state index in [-0.39, 0.29) is 35.9 Å². The molecule has 0 spiro atoms. The number of hydrogen-bond acceptors (Lipinski definition) is 9. The van der Waals surface area contributed by atoms with Crippen LogP contribution >= 0.6 is 11.8 Å². The van der Waals surface area contributed by atoms with Crippen LogP contribution in [0.5, 0.6) is 11.5 Å². The molecule has 3 aromatic carbocycles. The fourth-order valence-electron chi connectivity index (χ4n) is 5.17. The molecule has 0 unspecified atom stereocenters. The van der Waals surface area contributed by atoms with Gasteiger partial charge >= 0.3 is 0 Å². The zero-order valence-corrected chi connectivity index (χ0v) is 26.4. The number of amides is 2. The van der Waals surface area contributed by atoms with Crippen molar-refractivity contribution in [3.63, 3.8) is 0 Å². The Kier molecular flexibility index (Phi) is 9.15. The van der Waals surface area contributed by atoms with E-state index in [0.717, 1.165) is 39.6 Å². The van der Waals surface area contributed by atoms with Gasteiger partial charge in [-0.15, -0.1) is 10.2 Å². The Morgan fingerprint density at radius 1 is 0.957 bits per heavy atom. The van der Waals surface area contributed by atoms with Gasteiger partial charge in [0.05, 0.1) is 44.5 Å². The molecule has 0 bridgehead atoms. The zero-order chi connectivity index (χ0) is 32.0. The molecular formula is C34H32N6O5S. The van der Waals surface area contributed by atoms with Crippen molar-refractivity contribution in [1.82, 2.24) is 25.1 Å². The van der Waals surface area contributed by atoms with E-state index in [4.69, 9.17) is 19.0 Å². The van der Waals surface area contributed by atoms with Crippen molar-refractivity contribution in [3.8, 4) is 17.2 Å². The molecule has 3 heterocycles. The van der Waals surface area contributed by atoms with Crippen molar-refractivity contribution in [2.24, 2.45) is 5.10 Å². The Morgan fingerprint density at radius 3 is 2.37 bits per heavy atom. The lowest BCUT2D eigenvalue weighted by Crippen LogP contribution is -2.28. The van der Waals surface area contributed by atoms with Crippen LogP contribution in [0.3, 0.4) is 0 Å². The number of methoxy groups -OCH3 is 2. The maximum atomic E-state index is 13.9. The third-order valence-electron chi connectivity index (χ3n) is 7.53. The fraction of sp³-hybridized carbons (Fsp3) is 0.206. The summed E-state index contributed by atoms with van der Waals surface area (Å²) in [7, 11) is 3.25. The largest absolute Gasteiger partial charge is 0.497 e.